The van der Waals surface area contributed by atoms with Gasteiger partial charge in [-0.05, 0) is 29.3 Å². The number of nitrogens with zero attached hydrogens (tertiary/aromatic N) is 2. The monoisotopic (exact) mass is 335 g/mol. The van der Waals surface area contributed by atoms with E-state index < -0.39 is 4.92 Å². The van der Waals surface area contributed by atoms with Gasteiger partial charge in [-0.3, -0.25) is 10.1 Å². The zero-order valence-corrected chi connectivity index (χ0v) is 13.2. The maximum absolute atomic E-state index is 11.4. The Morgan fingerprint density at radius 3 is 2.76 bits per heavy atom. The number of aromatic hydroxyl groups is 1. The van der Waals surface area contributed by atoms with Gasteiger partial charge in [0.1, 0.15) is 5.70 Å². The van der Waals surface area contributed by atoms with Crippen molar-refractivity contribution in [2.45, 2.75) is 13.3 Å². The Bertz CT molecular complexity index is 1100. The van der Waals surface area contributed by atoms with Crippen LogP contribution < -0.4 is 0 Å². The van der Waals surface area contributed by atoms with Crippen molar-refractivity contribution in [2.75, 3.05) is 0 Å². The van der Waals surface area contributed by atoms with Crippen molar-refractivity contribution in [3.8, 4) is 5.88 Å². The Morgan fingerprint density at radius 1 is 1.28 bits per heavy atom. The zero-order valence-electron chi connectivity index (χ0n) is 13.2. The van der Waals surface area contributed by atoms with Crippen LogP contribution in [0.25, 0.3) is 22.2 Å². The average molecular weight is 335 g/mol. The minimum atomic E-state index is -0.459. The van der Waals surface area contributed by atoms with Gasteiger partial charge in [-0.25, -0.2) is 0 Å². The lowest BCUT2D eigenvalue weighted by Gasteiger charge is -2.03. The fourth-order valence-corrected chi connectivity index (χ4v) is 3.48. The summed E-state index contributed by atoms with van der Waals surface area (Å²) in [7, 11) is 0. The fourth-order valence-electron chi connectivity index (χ4n) is 3.48. The first-order chi connectivity index (χ1) is 12.0. The van der Waals surface area contributed by atoms with Gasteiger partial charge in [0.2, 0.25) is 0 Å². The van der Waals surface area contributed by atoms with Crippen LogP contribution in [-0.4, -0.2) is 15.0 Å². The van der Waals surface area contributed by atoms with Crippen molar-refractivity contribution in [3.63, 3.8) is 0 Å². The minimum Gasteiger partial charge on any atom is -0.494 e. The van der Waals surface area contributed by atoms with E-state index in [4.69, 9.17) is 0 Å². The Kier molecular flexibility index (Phi) is 3.18. The molecule has 124 valence electrons. The standard InChI is InChI=1S/C18H13N3O4/c1-9-6-14-12(8-15(9)21(24)25)16(18(22)19-14)13-7-10-4-2-3-5-11(10)17(13)20-23/h2-6,8,19,22H,7H2,1H3. The topological polar surface area (TPSA) is 109 Å². The number of allylic oxidation sites excluding steroid dienone is 1. The molecule has 25 heavy (non-hydrogen) atoms. The number of benzene rings is 2. The van der Waals surface area contributed by atoms with Gasteiger partial charge in [-0.1, -0.05) is 24.3 Å². The molecule has 0 saturated heterocycles. The Hall–Kier alpha value is -3.48. The van der Waals surface area contributed by atoms with E-state index in [1.165, 1.54) is 6.07 Å². The van der Waals surface area contributed by atoms with Crippen molar-refractivity contribution >= 4 is 27.9 Å². The van der Waals surface area contributed by atoms with Crippen molar-refractivity contribution in [2.24, 2.45) is 5.18 Å². The summed E-state index contributed by atoms with van der Waals surface area (Å²) < 4.78 is 0. The van der Waals surface area contributed by atoms with Gasteiger partial charge in [0.05, 0.1) is 4.92 Å². The summed E-state index contributed by atoms with van der Waals surface area (Å²) in [5.41, 5.74) is 3.90. The van der Waals surface area contributed by atoms with Gasteiger partial charge in [0.15, 0.2) is 5.88 Å². The summed E-state index contributed by atoms with van der Waals surface area (Å²) in [5, 5.41) is 25.3. The summed E-state index contributed by atoms with van der Waals surface area (Å²) in [6, 6.07) is 10.4. The molecule has 7 nitrogen and oxygen atoms in total. The number of rotatable bonds is 3. The van der Waals surface area contributed by atoms with Crippen molar-refractivity contribution in [1.82, 2.24) is 4.98 Å². The molecule has 7 heteroatoms. The second kappa shape index (κ2) is 5.27. The number of aromatic amines is 1. The van der Waals surface area contributed by atoms with Crippen LogP contribution in [0.5, 0.6) is 5.88 Å². The summed E-state index contributed by atoms with van der Waals surface area (Å²) in [6.07, 6.45) is 0.430. The molecule has 0 atom stereocenters. The number of nitrogens with one attached hydrogen (secondary N) is 1. The van der Waals surface area contributed by atoms with Crippen LogP contribution in [-0.2, 0) is 6.42 Å². The van der Waals surface area contributed by atoms with Crippen LogP contribution in [0.2, 0.25) is 0 Å². The first-order valence-corrected chi connectivity index (χ1v) is 7.66. The highest BCUT2D eigenvalue weighted by Gasteiger charge is 2.28. The molecule has 3 aromatic rings. The van der Waals surface area contributed by atoms with Gasteiger partial charge in [0.25, 0.3) is 5.69 Å². The molecule has 0 fully saturated rings. The smallest absolute Gasteiger partial charge is 0.273 e. The van der Waals surface area contributed by atoms with Crippen LogP contribution in [0, 0.1) is 21.9 Å². The van der Waals surface area contributed by atoms with Crippen LogP contribution >= 0.6 is 0 Å². The molecular weight excluding hydrogens is 322 g/mol. The van der Waals surface area contributed by atoms with E-state index >= 15 is 0 Å². The highest BCUT2D eigenvalue weighted by atomic mass is 16.6. The van der Waals surface area contributed by atoms with Gasteiger partial charge < -0.3 is 10.1 Å². The van der Waals surface area contributed by atoms with Crippen molar-refractivity contribution in [1.29, 1.82) is 0 Å². The van der Waals surface area contributed by atoms with E-state index in [9.17, 15) is 20.1 Å². The first-order valence-electron chi connectivity index (χ1n) is 7.66. The molecule has 0 unspecified atom stereocenters. The number of H-pyrrole nitrogens is 1. The number of nitroso groups, excluding NO2 is 1. The normalized spacial score (nSPS) is 13.3. The molecule has 1 aliphatic rings. The molecule has 0 amide bonds. The third-order valence-electron chi connectivity index (χ3n) is 4.61. The Balaban J connectivity index is 2.02. The van der Waals surface area contributed by atoms with E-state index in [-0.39, 0.29) is 17.3 Å². The molecule has 0 spiro atoms. The number of nitro benzene ring substituents is 1. The van der Waals surface area contributed by atoms with E-state index in [0.29, 0.717) is 34.0 Å². The number of hydrogen-bond acceptors (Lipinski definition) is 5. The van der Waals surface area contributed by atoms with Crippen molar-refractivity contribution in [3.05, 3.63) is 73.7 Å². The first kappa shape index (κ1) is 15.1. The Morgan fingerprint density at radius 2 is 2.04 bits per heavy atom. The number of hydrogen-bond donors (Lipinski definition) is 2. The molecule has 0 radical (unpaired) electrons. The second-order valence-electron chi connectivity index (χ2n) is 6.04. The summed E-state index contributed by atoms with van der Waals surface area (Å²) in [6.45, 7) is 1.64. The van der Waals surface area contributed by atoms with Crippen LogP contribution in [0.15, 0.2) is 41.6 Å². The fraction of sp³-hybridized carbons (Fsp3) is 0.111. The molecule has 4 rings (SSSR count). The lowest BCUT2D eigenvalue weighted by atomic mass is 10.00. The summed E-state index contributed by atoms with van der Waals surface area (Å²) >= 11 is 0. The maximum atomic E-state index is 11.4. The third kappa shape index (κ3) is 2.13. The quantitative estimate of drug-likeness (QED) is 0.423. The summed E-state index contributed by atoms with van der Waals surface area (Å²) in [4.78, 5) is 25.1. The third-order valence-corrected chi connectivity index (χ3v) is 4.61. The Labute approximate surface area is 141 Å². The molecule has 0 saturated carbocycles. The van der Waals surface area contributed by atoms with Gasteiger partial charge in [-0.2, -0.15) is 0 Å². The lowest BCUT2D eigenvalue weighted by molar-refractivity contribution is -0.385. The molecular formula is C18H13N3O4. The predicted molar refractivity (Wildman–Crippen MR) is 94.1 cm³/mol. The number of aryl methyl sites for hydroxylation is 1. The molecule has 0 bridgehead atoms. The highest BCUT2D eigenvalue weighted by Crippen LogP contribution is 2.45. The van der Waals surface area contributed by atoms with Crippen LogP contribution in [0.3, 0.4) is 0 Å². The average Bonchev–Trinajstić information content (AvgIpc) is 3.09. The van der Waals surface area contributed by atoms with Gasteiger partial charge in [-0.15, -0.1) is 4.91 Å². The molecule has 1 aliphatic carbocycles. The summed E-state index contributed by atoms with van der Waals surface area (Å²) in [5.74, 6) is -0.126. The highest BCUT2D eigenvalue weighted by molar-refractivity contribution is 6.06. The molecule has 2 N–H and O–H groups in total. The lowest BCUT2D eigenvalue weighted by Crippen LogP contribution is -1.92. The van der Waals surface area contributed by atoms with E-state index in [1.54, 1.807) is 19.1 Å². The second-order valence-corrected chi connectivity index (χ2v) is 6.04. The zero-order chi connectivity index (χ0) is 17.7. The number of aromatic nitrogens is 1. The van der Waals surface area contributed by atoms with Crippen LogP contribution in [0.4, 0.5) is 5.69 Å². The molecule has 1 aromatic heterocycles. The van der Waals surface area contributed by atoms with Gasteiger partial charge >= 0.3 is 0 Å². The number of nitro groups is 1. The largest absolute Gasteiger partial charge is 0.494 e. The van der Waals surface area contributed by atoms with Crippen molar-refractivity contribution < 1.29 is 10.0 Å². The SMILES string of the molecule is Cc1cc2[nH]c(O)c(C3=C(N=O)c4ccccc4C3)c2cc1[N+](=O)[O-]. The van der Waals surface area contributed by atoms with Crippen LogP contribution in [0.1, 0.15) is 22.3 Å². The maximum Gasteiger partial charge on any atom is 0.273 e. The number of fused-ring (bicyclic) bond motifs is 2. The van der Waals surface area contributed by atoms with E-state index in [1.807, 2.05) is 18.2 Å². The minimum absolute atomic E-state index is 0.0375. The molecule has 2 aromatic carbocycles. The van der Waals surface area contributed by atoms with E-state index in [0.717, 1.165) is 11.1 Å². The van der Waals surface area contributed by atoms with Gasteiger partial charge in [0, 0.05) is 40.1 Å². The van der Waals surface area contributed by atoms with E-state index in [2.05, 4.69) is 10.2 Å². The molecule has 0 aliphatic heterocycles. The predicted octanol–water partition coefficient (Wildman–Crippen LogP) is 4.28. The molecule has 1 heterocycles.